The Balaban J connectivity index is 2.31. The molecule has 4 nitrogen and oxygen atoms in total. The maximum atomic E-state index is 4.56. The summed E-state index contributed by atoms with van der Waals surface area (Å²) in [6, 6.07) is 11.9. The zero-order valence-corrected chi connectivity index (χ0v) is 11.6. The molecule has 0 aliphatic heterocycles. The van der Waals surface area contributed by atoms with E-state index in [0.717, 1.165) is 29.6 Å². The third-order valence-corrected chi connectivity index (χ3v) is 2.71. The van der Waals surface area contributed by atoms with E-state index in [0.29, 0.717) is 5.92 Å². The van der Waals surface area contributed by atoms with Gasteiger partial charge in [-0.1, -0.05) is 44.2 Å². The van der Waals surface area contributed by atoms with E-state index in [4.69, 9.17) is 0 Å². The largest absolute Gasteiger partial charge is 0.373 e. The highest BCUT2D eigenvalue weighted by Crippen LogP contribution is 2.19. The Kier molecular flexibility index (Phi) is 4.34. The van der Waals surface area contributed by atoms with Gasteiger partial charge in [0.25, 0.3) is 0 Å². The molecule has 0 bridgehead atoms. The Morgan fingerprint density at radius 3 is 2.37 bits per heavy atom. The molecule has 2 aromatic rings. The van der Waals surface area contributed by atoms with Crippen LogP contribution in [0, 0.1) is 5.92 Å². The zero-order valence-electron chi connectivity index (χ0n) is 11.6. The maximum absolute atomic E-state index is 4.56. The molecular weight excluding hydrogens is 236 g/mol. The van der Waals surface area contributed by atoms with Crippen molar-refractivity contribution in [1.29, 1.82) is 0 Å². The van der Waals surface area contributed by atoms with Crippen molar-refractivity contribution >= 4 is 11.6 Å². The van der Waals surface area contributed by atoms with Crippen LogP contribution in [0.15, 0.2) is 36.4 Å². The van der Waals surface area contributed by atoms with Gasteiger partial charge in [0.15, 0.2) is 5.82 Å². The molecule has 4 heteroatoms. The van der Waals surface area contributed by atoms with Crippen LogP contribution < -0.4 is 10.6 Å². The van der Waals surface area contributed by atoms with Crippen LogP contribution in [0.3, 0.4) is 0 Å². The summed E-state index contributed by atoms with van der Waals surface area (Å²) in [6.07, 6.45) is 0. The van der Waals surface area contributed by atoms with Crippen molar-refractivity contribution in [2.24, 2.45) is 5.92 Å². The number of aromatic nitrogens is 2. The van der Waals surface area contributed by atoms with Crippen LogP contribution >= 0.6 is 0 Å². The van der Waals surface area contributed by atoms with Gasteiger partial charge in [0.05, 0.1) is 0 Å². The Bertz CT molecular complexity index is 523. The second kappa shape index (κ2) is 6.18. The number of rotatable bonds is 5. The average molecular weight is 256 g/mol. The molecule has 2 rings (SSSR count). The summed E-state index contributed by atoms with van der Waals surface area (Å²) in [5.41, 5.74) is 1.02. The van der Waals surface area contributed by atoms with Gasteiger partial charge in [-0.05, 0) is 5.92 Å². The predicted molar refractivity (Wildman–Crippen MR) is 80.3 cm³/mol. The summed E-state index contributed by atoms with van der Waals surface area (Å²) < 4.78 is 0. The highest BCUT2D eigenvalue weighted by molar-refractivity contribution is 5.61. The topological polar surface area (TPSA) is 49.8 Å². The lowest BCUT2D eigenvalue weighted by Crippen LogP contribution is -2.10. The van der Waals surface area contributed by atoms with Gasteiger partial charge >= 0.3 is 0 Å². The third-order valence-electron chi connectivity index (χ3n) is 2.71. The van der Waals surface area contributed by atoms with Crippen LogP contribution in [0.5, 0.6) is 0 Å². The molecular formula is C15H20N4. The molecule has 1 aromatic carbocycles. The molecule has 0 atom stereocenters. The van der Waals surface area contributed by atoms with E-state index in [-0.39, 0.29) is 0 Å². The van der Waals surface area contributed by atoms with E-state index >= 15 is 0 Å². The van der Waals surface area contributed by atoms with E-state index in [1.165, 1.54) is 0 Å². The van der Waals surface area contributed by atoms with E-state index in [2.05, 4.69) is 34.4 Å². The lowest BCUT2D eigenvalue weighted by molar-refractivity contribution is 0.687. The Morgan fingerprint density at radius 1 is 1.05 bits per heavy atom. The second-order valence-electron chi connectivity index (χ2n) is 4.85. The minimum absolute atomic E-state index is 0.577. The van der Waals surface area contributed by atoms with Gasteiger partial charge in [-0.3, -0.25) is 0 Å². The third kappa shape index (κ3) is 3.68. The van der Waals surface area contributed by atoms with E-state index in [1.54, 1.807) is 0 Å². The average Bonchev–Trinajstić information content (AvgIpc) is 2.45. The van der Waals surface area contributed by atoms with E-state index in [1.807, 2.05) is 43.4 Å². The van der Waals surface area contributed by atoms with Crippen molar-refractivity contribution < 1.29 is 0 Å². The highest BCUT2D eigenvalue weighted by Gasteiger charge is 2.06. The van der Waals surface area contributed by atoms with Gasteiger partial charge in [-0.25, -0.2) is 9.97 Å². The summed E-state index contributed by atoms with van der Waals surface area (Å²) in [4.78, 5) is 9.05. The molecule has 0 spiro atoms. The Labute approximate surface area is 114 Å². The fourth-order valence-corrected chi connectivity index (χ4v) is 1.69. The van der Waals surface area contributed by atoms with Gasteiger partial charge < -0.3 is 10.6 Å². The Hall–Kier alpha value is -2.10. The lowest BCUT2D eigenvalue weighted by atomic mass is 10.2. The molecule has 19 heavy (non-hydrogen) atoms. The SMILES string of the molecule is CNc1cc(NCC(C)C)nc(-c2ccccc2)n1. The van der Waals surface area contributed by atoms with Gasteiger partial charge in [-0.2, -0.15) is 0 Å². The molecule has 1 heterocycles. The first-order chi connectivity index (χ1) is 9.19. The normalized spacial score (nSPS) is 10.5. The standard InChI is InChI=1S/C15H20N4/c1-11(2)10-17-14-9-13(16-3)18-15(19-14)12-7-5-4-6-8-12/h4-9,11H,10H2,1-3H3,(H2,16,17,18,19). The summed E-state index contributed by atoms with van der Waals surface area (Å²) in [5, 5.41) is 6.41. The Morgan fingerprint density at radius 2 is 1.74 bits per heavy atom. The molecule has 2 N–H and O–H groups in total. The maximum Gasteiger partial charge on any atom is 0.163 e. The minimum atomic E-state index is 0.577. The number of hydrogen-bond donors (Lipinski definition) is 2. The fourth-order valence-electron chi connectivity index (χ4n) is 1.69. The molecule has 100 valence electrons. The van der Waals surface area contributed by atoms with Gasteiger partial charge in [0.1, 0.15) is 11.6 Å². The lowest BCUT2D eigenvalue weighted by Gasteiger charge is -2.11. The molecule has 1 aromatic heterocycles. The number of benzene rings is 1. The monoisotopic (exact) mass is 256 g/mol. The first-order valence-corrected chi connectivity index (χ1v) is 6.55. The van der Waals surface area contributed by atoms with E-state index in [9.17, 15) is 0 Å². The van der Waals surface area contributed by atoms with Gasteiger partial charge in [0, 0.05) is 25.2 Å². The smallest absolute Gasteiger partial charge is 0.163 e. The number of nitrogens with zero attached hydrogens (tertiary/aromatic N) is 2. The molecule has 0 fully saturated rings. The van der Waals surface area contributed by atoms with Gasteiger partial charge in [-0.15, -0.1) is 0 Å². The van der Waals surface area contributed by atoms with Crippen LogP contribution in [0.2, 0.25) is 0 Å². The molecule has 0 saturated carbocycles. The molecule has 0 unspecified atom stereocenters. The van der Waals surface area contributed by atoms with Crippen molar-refractivity contribution in [2.45, 2.75) is 13.8 Å². The molecule has 0 amide bonds. The quantitative estimate of drug-likeness (QED) is 0.862. The van der Waals surface area contributed by atoms with E-state index < -0.39 is 0 Å². The van der Waals surface area contributed by atoms with Crippen molar-refractivity contribution in [2.75, 3.05) is 24.2 Å². The van der Waals surface area contributed by atoms with Crippen LogP contribution in [0.4, 0.5) is 11.6 Å². The van der Waals surface area contributed by atoms with Crippen LogP contribution in [0.1, 0.15) is 13.8 Å². The first kappa shape index (κ1) is 13.3. The van der Waals surface area contributed by atoms with Gasteiger partial charge in [0.2, 0.25) is 0 Å². The number of nitrogens with one attached hydrogen (secondary N) is 2. The van der Waals surface area contributed by atoms with Crippen molar-refractivity contribution in [3.05, 3.63) is 36.4 Å². The molecule has 0 aliphatic carbocycles. The zero-order chi connectivity index (χ0) is 13.7. The van der Waals surface area contributed by atoms with Crippen LogP contribution in [0.25, 0.3) is 11.4 Å². The summed E-state index contributed by atoms with van der Waals surface area (Å²) >= 11 is 0. The van der Waals surface area contributed by atoms with Crippen molar-refractivity contribution in [1.82, 2.24) is 9.97 Å². The van der Waals surface area contributed by atoms with Crippen LogP contribution in [-0.2, 0) is 0 Å². The van der Waals surface area contributed by atoms with Crippen molar-refractivity contribution in [3.8, 4) is 11.4 Å². The molecule has 0 saturated heterocycles. The first-order valence-electron chi connectivity index (χ1n) is 6.55. The predicted octanol–water partition coefficient (Wildman–Crippen LogP) is 3.25. The summed E-state index contributed by atoms with van der Waals surface area (Å²) in [5.74, 6) is 2.99. The summed E-state index contributed by atoms with van der Waals surface area (Å²) in [7, 11) is 1.86. The highest BCUT2D eigenvalue weighted by atomic mass is 15.1. The summed E-state index contributed by atoms with van der Waals surface area (Å²) in [6.45, 7) is 5.24. The molecule has 0 aliphatic rings. The minimum Gasteiger partial charge on any atom is -0.373 e. The number of hydrogen-bond acceptors (Lipinski definition) is 4. The fraction of sp³-hybridized carbons (Fsp3) is 0.333. The van der Waals surface area contributed by atoms with Crippen LogP contribution in [-0.4, -0.2) is 23.6 Å². The molecule has 0 radical (unpaired) electrons. The second-order valence-corrected chi connectivity index (χ2v) is 4.85. The number of anilines is 2. The van der Waals surface area contributed by atoms with Crippen molar-refractivity contribution in [3.63, 3.8) is 0 Å².